The van der Waals surface area contributed by atoms with E-state index in [0.717, 1.165) is 12.3 Å². The minimum Gasteiger partial charge on any atom is -0.370 e. The van der Waals surface area contributed by atoms with E-state index in [4.69, 9.17) is 4.74 Å². The molecule has 0 spiro atoms. The summed E-state index contributed by atoms with van der Waals surface area (Å²) in [6.45, 7) is 14.7. The molecule has 0 aromatic heterocycles. The van der Waals surface area contributed by atoms with Crippen LogP contribution in [0.4, 0.5) is 0 Å². The van der Waals surface area contributed by atoms with Crippen LogP contribution < -0.4 is 5.32 Å². The van der Waals surface area contributed by atoms with E-state index in [0.29, 0.717) is 36.2 Å². The summed E-state index contributed by atoms with van der Waals surface area (Å²) in [5, 5.41) is 2.89. The highest BCUT2D eigenvalue weighted by molar-refractivity contribution is 8.77. The maximum absolute atomic E-state index is 11.6. The minimum absolute atomic E-state index is 0. The van der Waals surface area contributed by atoms with E-state index >= 15 is 0 Å². The Bertz CT molecular complexity index is 356. The Morgan fingerprint density at radius 2 is 1.92 bits per heavy atom. The van der Waals surface area contributed by atoms with Crippen molar-refractivity contribution in [1.29, 1.82) is 0 Å². The lowest BCUT2D eigenvalue weighted by Gasteiger charge is -2.24. The molecular weight excluding hydrogens is 350 g/mol. The summed E-state index contributed by atoms with van der Waals surface area (Å²) in [7, 11) is 3.68. The lowest BCUT2D eigenvalue weighted by atomic mass is 10.0. The summed E-state index contributed by atoms with van der Waals surface area (Å²) in [6.07, 6.45) is 7.92. The van der Waals surface area contributed by atoms with Crippen LogP contribution in [0.15, 0.2) is 12.2 Å². The molecule has 0 unspecified atom stereocenters. The van der Waals surface area contributed by atoms with Gasteiger partial charge in [0.25, 0.3) is 0 Å². The van der Waals surface area contributed by atoms with Gasteiger partial charge in [-0.1, -0.05) is 68.9 Å². The summed E-state index contributed by atoms with van der Waals surface area (Å²) in [5.74, 6) is 2.08. The van der Waals surface area contributed by atoms with Crippen LogP contribution in [0, 0.1) is 11.8 Å². The number of hydrogen-bond acceptors (Lipinski definition) is 4. The summed E-state index contributed by atoms with van der Waals surface area (Å²) in [6, 6.07) is 0. The van der Waals surface area contributed by atoms with Gasteiger partial charge in [-0.3, -0.25) is 4.79 Å². The van der Waals surface area contributed by atoms with Crippen LogP contribution in [0.2, 0.25) is 0 Å². The Labute approximate surface area is 164 Å². The van der Waals surface area contributed by atoms with Gasteiger partial charge in [0.1, 0.15) is 5.94 Å². The molecule has 0 aliphatic rings. The molecule has 0 atom stereocenters. The number of rotatable bonds is 14. The maximum Gasteiger partial charge on any atom is 0.220 e. The number of nitrogens with one attached hydrogen (secondary N) is 1. The minimum atomic E-state index is 0. The predicted molar refractivity (Wildman–Crippen MR) is 117 cm³/mol. The van der Waals surface area contributed by atoms with Crippen LogP contribution in [0.3, 0.4) is 0 Å². The highest BCUT2D eigenvalue weighted by Gasteiger charge is 2.19. The highest BCUT2D eigenvalue weighted by atomic mass is 33.1. The average molecular weight is 392 g/mol. The predicted octanol–water partition coefficient (Wildman–Crippen LogP) is 6.30. The molecule has 0 saturated heterocycles. The molecule has 0 aromatic carbocycles. The molecule has 0 heterocycles. The second kappa shape index (κ2) is 16.1. The molecule has 0 radical (unpaired) electrons. The standard InChI is InChI=1S/C19H37NO2S2.CH4/c1-16(2)9-7-13-20-18(21)10-8-14-22-15-23-24-19(5,6)12-11-17(3)4;/h7,9,16-17H,8,10-15H2,1-6H3,(H,20,21);1H4/b9-7+;. The lowest BCUT2D eigenvalue weighted by molar-refractivity contribution is -0.121. The molecule has 0 bridgehead atoms. The van der Waals surface area contributed by atoms with Gasteiger partial charge in [-0.15, -0.1) is 0 Å². The Kier molecular flexibility index (Phi) is 17.4. The van der Waals surface area contributed by atoms with Crippen molar-refractivity contribution in [1.82, 2.24) is 5.32 Å². The summed E-state index contributed by atoms with van der Waals surface area (Å²) >= 11 is 0. The van der Waals surface area contributed by atoms with Gasteiger partial charge < -0.3 is 10.1 Å². The highest BCUT2D eigenvalue weighted by Crippen LogP contribution is 2.39. The lowest BCUT2D eigenvalue weighted by Crippen LogP contribution is -2.23. The van der Waals surface area contributed by atoms with Crippen LogP contribution >= 0.6 is 21.6 Å². The fourth-order valence-corrected chi connectivity index (χ4v) is 4.20. The van der Waals surface area contributed by atoms with E-state index in [1.807, 2.05) is 16.9 Å². The van der Waals surface area contributed by atoms with Crippen molar-refractivity contribution in [3.63, 3.8) is 0 Å². The van der Waals surface area contributed by atoms with Crippen LogP contribution in [0.5, 0.6) is 0 Å². The van der Waals surface area contributed by atoms with Gasteiger partial charge in [0.2, 0.25) is 5.91 Å². The molecule has 1 amide bonds. The van der Waals surface area contributed by atoms with E-state index in [9.17, 15) is 4.79 Å². The Hall–Kier alpha value is -0.130. The molecule has 5 heteroatoms. The zero-order valence-electron chi connectivity index (χ0n) is 16.4. The second-order valence-corrected chi connectivity index (χ2v) is 10.4. The van der Waals surface area contributed by atoms with Gasteiger partial charge in [-0.25, -0.2) is 0 Å². The van der Waals surface area contributed by atoms with Crippen molar-refractivity contribution >= 4 is 27.5 Å². The zero-order valence-corrected chi connectivity index (χ0v) is 18.0. The maximum atomic E-state index is 11.6. The number of carbonyl (C=O) groups is 1. The van der Waals surface area contributed by atoms with E-state index in [2.05, 4.69) is 52.9 Å². The van der Waals surface area contributed by atoms with Crippen molar-refractivity contribution in [2.45, 2.75) is 79.4 Å². The molecule has 0 fully saturated rings. The van der Waals surface area contributed by atoms with Crippen LogP contribution in [0.1, 0.15) is 74.7 Å². The van der Waals surface area contributed by atoms with Crippen LogP contribution in [-0.4, -0.2) is 29.7 Å². The number of amides is 1. The van der Waals surface area contributed by atoms with Crippen molar-refractivity contribution < 1.29 is 9.53 Å². The van der Waals surface area contributed by atoms with E-state index in [-0.39, 0.29) is 13.3 Å². The first-order valence-corrected chi connectivity index (χ1v) is 11.4. The molecule has 0 saturated carbocycles. The van der Waals surface area contributed by atoms with E-state index < -0.39 is 0 Å². The number of carbonyl (C=O) groups excluding carboxylic acids is 1. The van der Waals surface area contributed by atoms with E-state index in [1.54, 1.807) is 10.8 Å². The third-order valence-corrected chi connectivity index (χ3v) is 6.40. The monoisotopic (exact) mass is 391 g/mol. The molecule has 0 aromatic rings. The van der Waals surface area contributed by atoms with Gasteiger partial charge in [0, 0.05) is 24.3 Å². The topological polar surface area (TPSA) is 38.3 Å². The fraction of sp³-hybridized carbons (Fsp3) is 0.850. The van der Waals surface area contributed by atoms with Gasteiger partial charge >= 0.3 is 0 Å². The van der Waals surface area contributed by atoms with Gasteiger partial charge in [0.05, 0.1) is 0 Å². The molecule has 1 N–H and O–H groups in total. The molecule has 0 aliphatic heterocycles. The Morgan fingerprint density at radius 1 is 1.24 bits per heavy atom. The number of hydrogen-bond donors (Lipinski definition) is 1. The third kappa shape index (κ3) is 20.0. The molecular formula is C20H41NO2S2. The first kappa shape index (κ1) is 27.1. The van der Waals surface area contributed by atoms with Crippen molar-refractivity contribution in [2.75, 3.05) is 19.1 Å². The third-order valence-electron chi connectivity index (χ3n) is 3.37. The zero-order chi connectivity index (χ0) is 18.4. The number of allylic oxidation sites excluding steroid dienone is 1. The number of ether oxygens (including phenoxy) is 1. The van der Waals surface area contributed by atoms with Gasteiger partial charge in [-0.05, 0) is 44.9 Å². The quantitative estimate of drug-likeness (QED) is 0.163. The fourth-order valence-electron chi connectivity index (χ4n) is 1.89. The molecule has 150 valence electrons. The van der Waals surface area contributed by atoms with Crippen LogP contribution in [0.25, 0.3) is 0 Å². The average Bonchev–Trinajstić information content (AvgIpc) is 2.48. The molecule has 0 aliphatic carbocycles. The smallest absolute Gasteiger partial charge is 0.220 e. The largest absolute Gasteiger partial charge is 0.370 e. The second-order valence-electron chi connectivity index (χ2n) is 7.50. The first-order valence-electron chi connectivity index (χ1n) is 9.04. The van der Waals surface area contributed by atoms with Crippen molar-refractivity contribution in [3.8, 4) is 0 Å². The summed E-state index contributed by atoms with van der Waals surface area (Å²) < 4.78 is 5.90. The normalized spacial score (nSPS) is 12.0. The van der Waals surface area contributed by atoms with Crippen LogP contribution in [-0.2, 0) is 9.53 Å². The van der Waals surface area contributed by atoms with Gasteiger partial charge in [-0.2, -0.15) is 0 Å². The SMILES string of the molecule is C.CC(C)/C=C/CNC(=O)CCCOCSSC(C)(C)CCC(C)C. The van der Waals surface area contributed by atoms with E-state index in [1.165, 1.54) is 12.8 Å². The van der Waals surface area contributed by atoms with Crippen molar-refractivity contribution in [2.24, 2.45) is 11.8 Å². The molecule has 25 heavy (non-hydrogen) atoms. The molecule has 0 rings (SSSR count). The molecule has 3 nitrogen and oxygen atoms in total. The Morgan fingerprint density at radius 3 is 2.52 bits per heavy atom. The summed E-state index contributed by atoms with van der Waals surface area (Å²) in [5.41, 5.74) is 0. The Balaban J connectivity index is 0. The first-order chi connectivity index (χ1) is 11.2. The van der Waals surface area contributed by atoms with Gasteiger partial charge in [0.15, 0.2) is 0 Å². The van der Waals surface area contributed by atoms with Crippen molar-refractivity contribution in [3.05, 3.63) is 12.2 Å². The summed E-state index contributed by atoms with van der Waals surface area (Å²) in [4.78, 5) is 11.6.